The maximum atomic E-state index is 4.17. The van der Waals surface area contributed by atoms with Crippen molar-refractivity contribution in [1.29, 1.82) is 0 Å². The summed E-state index contributed by atoms with van der Waals surface area (Å²) in [5, 5.41) is 0. The van der Waals surface area contributed by atoms with E-state index in [1.54, 1.807) is 0 Å². The van der Waals surface area contributed by atoms with Gasteiger partial charge in [-0.2, -0.15) is 0 Å². The quantitative estimate of drug-likeness (QED) is 0.714. The monoisotopic (exact) mass is 222 g/mol. The molecule has 2 aromatic carbocycles. The number of benzene rings is 2. The van der Waals surface area contributed by atoms with Crippen molar-refractivity contribution in [1.82, 2.24) is 0 Å². The molecule has 0 saturated heterocycles. The summed E-state index contributed by atoms with van der Waals surface area (Å²) in [6.45, 7) is 8.39. The lowest BCUT2D eigenvalue weighted by Crippen LogP contribution is -1.89. The van der Waals surface area contributed by atoms with Crippen LogP contribution in [-0.4, -0.2) is 0 Å². The van der Waals surface area contributed by atoms with E-state index in [1.807, 2.05) is 0 Å². The highest BCUT2D eigenvalue weighted by molar-refractivity contribution is 5.65. The van der Waals surface area contributed by atoms with Gasteiger partial charge in [-0.05, 0) is 37.0 Å². The summed E-state index contributed by atoms with van der Waals surface area (Å²) in [7, 11) is 0. The van der Waals surface area contributed by atoms with Crippen LogP contribution in [0, 0.1) is 13.8 Å². The van der Waals surface area contributed by atoms with Gasteiger partial charge in [0, 0.05) is 0 Å². The van der Waals surface area contributed by atoms with E-state index in [0.717, 1.165) is 6.42 Å². The molecule has 0 heteroatoms. The van der Waals surface area contributed by atoms with Crippen molar-refractivity contribution in [2.24, 2.45) is 0 Å². The van der Waals surface area contributed by atoms with Crippen molar-refractivity contribution in [3.8, 4) is 0 Å². The van der Waals surface area contributed by atoms with Crippen LogP contribution in [0.5, 0.6) is 0 Å². The zero-order valence-corrected chi connectivity index (χ0v) is 10.5. The average molecular weight is 222 g/mol. The fourth-order valence-corrected chi connectivity index (χ4v) is 1.84. The Hall–Kier alpha value is -1.82. The number of allylic oxidation sites excluding steroid dienone is 1. The van der Waals surface area contributed by atoms with Gasteiger partial charge in [-0.1, -0.05) is 66.2 Å². The second-order valence-electron chi connectivity index (χ2n) is 4.63. The Morgan fingerprint density at radius 1 is 0.824 bits per heavy atom. The van der Waals surface area contributed by atoms with E-state index in [4.69, 9.17) is 0 Å². The van der Waals surface area contributed by atoms with E-state index >= 15 is 0 Å². The molecule has 0 bridgehead atoms. The fraction of sp³-hybridized carbons (Fsp3) is 0.176. The van der Waals surface area contributed by atoms with Gasteiger partial charge < -0.3 is 0 Å². The molecule has 0 unspecified atom stereocenters. The Morgan fingerprint density at radius 3 is 1.82 bits per heavy atom. The van der Waals surface area contributed by atoms with E-state index in [0.29, 0.717) is 0 Å². The Kier molecular flexibility index (Phi) is 3.43. The summed E-state index contributed by atoms with van der Waals surface area (Å²) < 4.78 is 0. The van der Waals surface area contributed by atoms with Crippen molar-refractivity contribution >= 4 is 5.57 Å². The van der Waals surface area contributed by atoms with Gasteiger partial charge >= 0.3 is 0 Å². The Balaban J connectivity index is 2.11. The van der Waals surface area contributed by atoms with Crippen LogP contribution < -0.4 is 0 Å². The summed E-state index contributed by atoms with van der Waals surface area (Å²) in [6.07, 6.45) is 0.920. The molecule has 86 valence electrons. The van der Waals surface area contributed by atoms with E-state index in [2.05, 4.69) is 69.0 Å². The standard InChI is InChI=1S/C17H18/c1-13-4-8-16(9-5-13)12-15(3)17-10-6-14(2)7-11-17/h4-11H,3,12H2,1-2H3. The van der Waals surface area contributed by atoms with Crippen LogP contribution in [0.4, 0.5) is 0 Å². The minimum Gasteiger partial charge on any atom is -0.0949 e. The molecule has 0 aliphatic heterocycles. The van der Waals surface area contributed by atoms with Gasteiger partial charge in [-0.3, -0.25) is 0 Å². The molecule has 0 heterocycles. The minimum atomic E-state index is 0.920. The van der Waals surface area contributed by atoms with Crippen LogP contribution >= 0.6 is 0 Å². The first kappa shape index (κ1) is 11.7. The SMILES string of the molecule is C=C(Cc1ccc(C)cc1)c1ccc(C)cc1. The van der Waals surface area contributed by atoms with Gasteiger partial charge in [-0.25, -0.2) is 0 Å². The molecule has 0 aliphatic rings. The van der Waals surface area contributed by atoms with Crippen molar-refractivity contribution < 1.29 is 0 Å². The van der Waals surface area contributed by atoms with Gasteiger partial charge in [0.05, 0.1) is 0 Å². The first-order valence-electron chi connectivity index (χ1n) is 5.95. The predicted octanol–water partition coefficient (Wildman–Crippen LogP) is 4.56. The Morgan fingerprint density at radius 2 is 1.29 bits per heavy atom. The average Bonchev–Trinajstić information content (AvgIpc) is 2.33. The van der Waals surface area contributed by atoms with Crippen LogP contribution in [0.15, 0.2) is 55.1 Å². The van der Waals surface area contributed by atoms with Crippen molar-refractivity contribution in [3.63, 3.8) is 0 Å². The number of hydrogen-bond acceptors (Lipinski definition) is 0. The van der Waals surface area contributed by atoms with Gasteiger partial charge in [-0.15, -0.1) is 0 Å². The summed E-state index contributed by atoms with van der Waals surface area (Å²) in [5.74, 6) is 0. The lowest BCUT2D eigenvalue weighted by atomic mass is 9.98. The second-order valence-corrected chi connectivity index (χ2v) is 4.63. The van der Waals surface area contributed by atoms with E-state index in [1.165, 1.54) is 27.8 Å². The van der Waals surface area contributed by atoms with Crippen LogP contribution in [-0.2, 0) is 6.42 Å². The normalized spacial score (nSPS) is 10.2. The molecule has 0 atom stereocenters. The molecule has 0 radical (unpaired) electrons. The highest BCUT2D eigenvalue weighted by Crippen LogP contribution is 2.18. The zero-order valence-electron chi connectivity index (χ0n) is 10.5. The van der Waals surface area contributed by atoms with Crippen molar-refractivity contribution in [2.75, 3.05) is 0 Å². The topological polar surface area (TPSA) is 0 Å². The summed E-state index contributed by atoms with van der Waals surface area (Å²) in [6, 6.07) is 17.2. The molecule has 0 spiro atoms. The largest absolute Gasteiger partial charge is 0.0949 e. The molecule has 0 aliphatic carbocycles. The number of aryl methyl sites for hydroxylation is 2. The number of hydrogen-bond donors (Lipinski definition) is 0. The molecule has 0 fully saturated rings. The maximum absolute atomic E-state index is 4.17. The lowest BCUT2D eigenvalue weighted by molar-refractivity contribution is 1.27. The molecule has 2 aromatic rings. The molecule has 0 N–H and O–H groups in total. The van der Waals surface area contributed by atoms with E-state index in [9.17, 15) is 0 Å². The van der Waals surface area contributed by atoms with Gasteiger partial charge in [0.15, 0.2) is 0 Å². The number of rotatable bonds is 3. The maximum Gasteiger partial charge on any atom is -0.00257 e. The third-order valence-electron chi connectivity index (χ3n) is 3.00. The van der Waals surface area contributed by atoms with Crippen molar-refractivity contribution in [3.05, 3.63) is 77.4 Å². The minimum absolute atomic E-state index is 0.920. The third-order valence-corrected chi connectivity index (χ3v) is 3.00. The van der Waals surface area contributed by atoms with Crippen LogP contribution in [0.25, 0.3) is 5.57 Å². The highest BCUT2D eigenvalue weighted by Gasteiger charge is 2.00. The highest BCUT2D eigenvalue weighted by atomic mass is 14.1. The summed E-state index contributed by atoms with van der Waals surface area (Å²) in [5.41, 5.74) is 6.32. The molecule has 0 aromatic heterocycles. The van der Waals surface area contributed by atoms with E-state index < -0.39 is 0 Å². The Bertz CT molecular complexity index is 501. The first-order valence-corrected chi connectivity index (χ1v) is 5.95. The van der Waals surface area contributed by atoms with E-state index in [-0.39, 0.29) is 0 Å². The third kappa shape index (κ3) is 3.07. The molecule has 17 heavy (non-hydrogen) atoms. The molecular formula is C17H18. The smallest absolute Gasteiger partial charge is 0.00257 e. The van der Waals surface area contributed by atoms with Gasteiger partial charge in [0.2, 0.25) is 0 Å². The second kappa shape index (κ2) is 5.01. The summed E-state index contributed by atoms with van der Waals surface area (Å²) >= 11 is 0. The molecule has 0 amide bonds. The van der Waals surface area contributed by atoms with Gasteiger partial charge in [0.1, 0.15) is 0 Å². The zero-order chi connectivity index (χ0) is 12.3. The fourth-order valence-electron chi connectivity index (χ4n) is 1.84. The van der Waals surface area contributed by atoms with Crippen LogP contribution in [0.2, 0.25) is 0 Å². The lowest BCUT2D eigenvalue weighted by Gasteiger charge is -2.07. The van der Waals surface area contributed by atoms with Crippen molar-refractivity contribution in [2.45, 2.75) is 20.3 Å². The van der Waals surface area contributed by atoms with Crippen LogP contribution in [0.3, 0.4) is 0 Å². The summed E-state index contributed by atoms with van der Waals surface area (Å²) in [4.78, 5) is 0. The molecule has 0 saturated carbocycles. The Labute approximate surface area is 104 Å². The molecule has 0 nitrogen and oxygen atoms in total. The first-order chi connectivity index (χ1) is 8.15. The molecule has 2 rings (SSSR count). The molecular weight excluding hydrogens is 204 g/mol. The predicted molar refractivity (Wildman–Crippen MR) is 75.1 cm³/mol. The van der Waals surface area contributed by atoms with Gasteiger partial charge in [0.25, 0.3) is 0 Å². The van der Waals surface area contributed by atoms with Crippen LogP contribution in [0.1, 0.15) is 22.3 Å².